The molecule has 0 aliphatic heterocycles. The van der Waals surface area contributed by atoms with Crippen LogP contribution >= 0.6 is 15.9 Å². The summed E-state index contributed by atoms with van der Waals surface area (Å²) in [6.07, 6.45) is -2.31. The fraction of sp³-hybridized carbons (Fsp3) is 0.364. The van der Waals surface area contributed by atoms with Gasteiger partial charge in [0, 0.05) is 5.56 Å². The van der Waals surface area contributed by atoms with Crippen molar-refractivity contribution in [1.82, 2.24) is 5.32 Å². The molecule has 1 aromatic carbocycles. The van der Waals surface area contributed by atoms with Crippen molar-refractivity contribution >= 4 is 21.8 Å². The van der Waals surface area contributed by atoms with Crippen LogP contribution in [0.25, 0.3) is 0 Å². The number of amides is 1. The number of hydrogen-bond acceptors (Lipinski definition) is 1. The lowest BCUT2D eigenvalue weighted by Crippen LogP contribution is -2.42. The Morgan fingerprint density at radius 1 is 1.33 bits per heavy atom. The molecule has 18 heavy (non-hydrogen) atoms. The van der Waals surface area contributed by atoms with Gasteiger partial charge in [0.15, 0.2) is 11.6 Å². The average Bonchev–Trinajstić information content (AvgIpc) is 3.06. The van der Waals surface area contributed by atoms with Gasteiger partial charge in [0.25, 0.3) is 12.3 Å². The van der Waals surface area contributed by atoms with E-state index in [9.17, 15) is 22.4 Å². The quantitative estimate of drug-likeness (QED) is 0.670. The molecule has 1 aromatic rings. The van der Waals surface area contributed by atoms with E-state index in [1.165, 1.54) is 0 Å². The highest BCUT2D eigenvalue weighted by molar-refractivity contribution is 9.10. The van der Waals surface area contributed by atoms with Crippen LogP contribution in [0.1, 0.15) is 23.2 Å². The van der Waals surface area contributed by atoms with E-state index < -0.39 is 29.5 Å². The Labute approximate surface area is 108 Å². The van der Waals surface area contributed by atoms with Crippen LogP contribution in [0.4, 0.5) is 17.6 Å². The van der Waals surface area contributed by atoms with Gasteiger partial charge >= 0.3 is 0 Å². The first-order chi connectivity index (χ1) is 8.35. The van der Waals surface area contributed by atoms with Gasteiger partial charge in [0.2, 0.25) is 0 Å². The number of carbonyl (C=O) groups excluding carboxylic acids is 1. The molecule has 2 nitrogen and oxygen atoms in total. The van der Waals surface area contributed by atoms with Gasteiger partial charge in [-0.2, -0.15) is 0 Å². The molecule has 0 atom stereocenters. The van der Waals surface area contributed by atoms with E-state index in [-0.39, 0.29) is 22.9 Å². The first kappa shape index (κ1) is 13.3. The van der Waals surface area contributed by atoms with Crippen LogP contribution in [0.15, 0.2) is 16.6 Å². The van der Waals surface area contributed by atoms with Crippen LogP contribution in [0, 0.1) is 11.6 Å². The van der Waals surface area contributed by atoms with Crippen molar-refractivity contribution in [2.24, 2.45) is 0 Å². The van der Waals surface area contributed by atoms with Gasteiger partial charge in [-0.05, 0) is 40.9 Å². The Bertz CT molecular complexity index is 479. The summed E-state index contributed by atoms with van der Waals surface area (Å²) in [5.74, 6) is -3.18. The molecule has 98 valence electrons. The minimum Gasteiger partial charge on any atom is -0.341 e. The standard InChI is InChI=1S/C11H8BrF4NO/c12-6-3-5(4-7(13)8(6)14)9(18)17-11(1-2-11)10(15)16/h3-4,10H,1-2H2,(H,17,18). The number of benzene rings is 1. The van der Waals surface area contributed by atoms with E-state index in [2.05, 4.69) is 21.2 Å². The van der Waals surface area contributed by atoms with Gasteiger partial charge < -0.3 is 5.32 Å². The van der Waals surface area contributed by atoms with Crippen LogP contribution in [-0.2, 0) is 0 Å². The Morgan fingerprint density at radius 2 is 1.94 bits per heavy atom. The van der Waals surface area contributed by atoms with Crippen LogP contribution in [0.2, 0.25) is 0 Å². The molecule has 0 unspecified atom stereocenters. The van der Waals surface area contributed by atoms with Gasteiger partial charge in [-0.25, -0.2) is 17.6 Å². The van der Waals surface area contributed by atoms with Crippen LogP contribution < -0.4 is 5.32 Å². The van der Waals surface area contributed by atoms with E-state index in [0.717, 1.165) is 6.07 Å². The van der Waals surface area contributed by atoms with Crippen molar-refractivity contribution in [3.05, 3.63) is 33.8 Å². The van der Waals surface area contributed by atoms with E-state index in [1.807, 2.05) is 0 Å². The maximum Gasteiger partial charge on any atom is 0.261 e. The topological polar surface area (TPSA) is 29.1 Å². The molecular formula is C11H8BrF4NO. The Balaban J connectivity index is 2.20. The molecule has 0 saturated heterocycles. The number of nitrogens with one attached hydrogen (secondary N) is 1. The lowest BCUT2D eigenvalue weighted by atomic mass is 10.1. The molecule has 1 saturated carbocycles. The molecule has 1 N–H and O–H groups in total. The smallest absolute Gasteiger partial charge is 0.261 e. The van der Waals surface area contributed by atoms with Crippen molar-refractivity contribution in [2.75, 3.05) is 0 Å². The molecule has 1 aliphatic rings. The molecule has 7 heteroatoms. The normalized spacial score (nSPS) is 16.8. The van der Waals surface area contributed by atoms with E-state index in [1.54, 1.807) is 0 Å². The largest absolute Gasteiger partial charge is 0.341 e. The van der Waals surface area contributed by atoms with Gasteiger partial charge in [0.05, 0.1) is 4.47 Å². The lowest BCUT2D eigenvalue weighted by molar-refractivity contribution is 0.0679. The molecule has 1 fully saturated rings. The van der Waals surface area contributed by atoms with E-state index in [4.69, 9.17) is 0 Å². The second-order valence-electron chi connectivity index (χ2n) is 4.16. The molecule has 0 aromatic heterocycles. The van der Waals surface area contributed by atoms with Crippen molar-refractivity contribution in [3.8, 4) is 0 Å². The minimum atomic E-state index is -2.67. The Kier molecular flexibility index (Phi) is 3.35. The molecule has 0 spiro atoms. The number of rotatable bonds is 3. The summed E-state index contributed by atoms with van der Waals surface area (Å²) in [6.45, 7) is 0. The summed E-state index contributed by atoms with van der Waals surface area (Å²) in [5, 5.41) is 2.16. The highest BCUT2D eigenvalue weighted by Gasteiger charge is 2.52. The SMILES string of the molecule is O=C(NC1(C(F)F)CC1)c1cc(F)c(F)c(Br)c1. The van der Waals surface area contributed by atoms with Gasteiger partial charge in [0.1, 0.15) is 5.54 Å². The number of halogens is 5. The first-order valence-electron chi connectivity index (χ1n) is 5.11. The zero-order valence-corrected chi connectivity index (χ0v) is 10.5. The van der Waals surface area contributed by atoms with Gasteiger partial charge in [-0.15, -0.1) is 0 Å². The summed E-state index contributed by atoms with van der Waals surface area (Å²) in [7, 11) is 0. The molecule has 2 rings (SSSR count). The molecule has 0 heterocycles. The number of alkyl halides is 2. The Hall–Kier alpha value is -1.11. The highest BCUT2D eigenvalue weighted by atomic mass is 79.9. The summed E-state index contributed by atoms with van der Waals surface area (Å²) in [4.78, 5) is 11.7. The maximum atomic E-state index is 13.1. The third-order valence-corrected chi connectivity index (χ3v) is 3.39. The van der Waals surface area contributed by atoms with Crippen LogP contribution in [-0.4, -0.2) is 17.9 Å². The van der Waals surface area contributed by atoms with Gasteiger partial charge in [-0.3, -0.25) is 4.79 Å². The van der Waals surface area contributed by atoms with Crippen molar-refractivity contribution < 1.29 is 22.4 Å². The van der Waals surface area contributed by atoms with Crippen molar-refractivity contribution in [1.29, 1.82) is 0 Å². The first-order valence-corrected chi connectivity index (χ1v) is 5.90. The zero-order valence-electron chi connectivity index (χ0n) is 8.94. The fourth-order valence-corrected chi connectivity index (χ4v) is 1.95. The average molecular weight is 326 g/mol. The van der Waals surface area contributed by atoms with Crippen molar-refractivity contribution in [3.63, 3.8) is 0 Å². The third kappa shape index (κ3) is 2.36. The zero-order chi connectivity index (χ0) is 13.5. The number of hydrogen-bond donors (Lipinski definition) is 1. The summed E-state index contributed by atoms with van der Waals surface area (Å²) >= 11 is 2.75. The summed E-state index contributed by atoms with van der Waals surface area (Å²) < 4.78 is 51.1. The summed E-state index contributed by atoms with van der Waals surface area (Å²) in [6, 6.07) is 1.73. The molecular weight excluding hydrogens is 318 g/mol. The number of carbonyl (C=O) groups is 1. The molecule has 1 amide bonds. The molecule has 0 radical (unpaired) electrons. The molecule has 1 aliphatic carbocycles. The minimum absolute atomic E-state index is 0.182. The van der Waals surface area contributed by atoms with Crippen LogP contribution in [0.5, 0.6) is 0 Å². The predicted octanol–water partition coefficient (Wildman–Crippen LogP) is 3.25. The van der Waals surface area contributed by atoms with Crippen molar-refractivity contribution in [2.45, 2.75) is 24.8 Å². The summed E-state index contributed by atoms with van der Waals surface area (Å²) in [5.41, 5.74) is -1.71. The molecule has 0 bridgehead atoms. The predicted molar refractivity (Wildman–Crippen MR) is 59.5 cm³/mol. The van der Waals surface area contributed by atoms with Gasteiger partial charge in [-0.1, -0.05) is 0 Å². The maximum absolute atomic E-state index is 13.1. The lowest BCUT2D eigenvalue weighted by Gasteiger charge is -2.16. The Morgan fingerprint density at radius 3 is 2.39 bits per heavy atom. The second-order valence-corrected chi connectivity index (χ2v) is 5.02. The fourth-order valence-electron chi connectivity index (χ4n) is 1.52. The van der Waals surface area contributed by atoms with E-state index in [0.29, 0.717) is 6.07 Å². The second kappa shape index (κ2) is 4.53. The van der Waals surface area contributed by atoms with Crippen LogP contribution in [0.3, 0.4) is 0 Å². The monoisotopic (exact) mass is 325 g/mol. The third-order valence-electron chi connectivity index (χ3n) is 2.81. The highest BCUT2D eigenvalue weighted by Crippen LogP contribution is 2.41. The van der Waals surface area contributed by atoms with E-state index >= 15 is 0 Å².